The van der Waals surface area contributed by atoms with Gasteiger partial charge in [-0.3, -0.25) is 0 Å². The molecule has 0 saturated heterocycles. The predicted molar refractivity (Wildman–Crippen MR) is 64.7 cm³/mol. The molecule has 0 bridgehead atoms. The van der Waals surface area contributed by atoms with Gasteiger partial charge in [0.1, 0.15) is 5.82 Å². The summed E-state index contributed by atoms with van der Waals surface area (Å²) >= 11 is 0. The monoisotopic (exact) mass is 207 g/mol. The summed E-state index contributed by atoms with van der Waals surface area (Å²) in [4.78, 5) is 4.15. The maximum Gasteiger partial charge on any atom is 0.127 e. The molecule has 0 aliphatic carbocycles. The molecule has 1 aromatic rings. The van der Waals surface area contributed by atoms with Crippen molar-refractivity contribution in [3.63, 3.8) is 0 Å². The zero-order valence-electron chi connectivity index (χ0n) is 10.0. The average Bonchev–Trinajstić information content (AvgIpc) is 1.99. The largest absolute Gasteiger partial charge is 0.383 e. The highest BCUT2D eigenvalue weighted by Gasteiger charge is 2.26. The third kappa shape index (κ3) is 2.69. The molecule has 3 heteroatoms. The molecular formula is C12H21N3. The van der Waals surface area contributed by atoms with Gasteiger partial charge in [-0.2, -0.15) is 0 Å². The fourth-order valence-corrected chi connectivity index (χ4v) is 2.37. The topological polar surface area (TPSA) is 64.9 Å². The number of pyridine rings is 1. The van der Waals surface area contributed by atoms with E-state index in [-0.39, 0.29) is 11.5 Å². The Bertz CT molecular complexity index is 322. The Morgan fingerprint density at radius 1 is 1.47 bits per heavy atom. The molecule has 15 heavy (non-hydrogen) atoms. The molecule has 0 aromatic carbocycles. The fourth-order valence-electron chi connectivity index (χ4n) is 2.37. The number of nitrogen functional groups attached to an aromatic ring is 1. The van der Waals surface area contributed by atoms with Gasteiger partial charge in [0, 0.05) is 17.8 Å². The number of aromatic nitrogens is 1. The van der Waals surface area contributed by atoms with Crippen LogP contribution in [0.4, 0.5) is 5.82 Å². The van der Waals surface area contributed by atoms with Crippen LogP contribution in [0.25, 0.3) is 0 Å². The van der Waals surface area contributed by atoms with Crippen molar-refractivity contribution in [3.8, 4) is 0 Å². The van der Waals surface area contributed by atoms with E-state index in [1.54, 1.807) is 6.20 Å². The van der Waals surface area contributed by atoms with Gasteiger partial charge in [0.15, 0.2) is 0 Å². The molecule has 0 radical (unpaired) electrons. The second kappa shape index (κ2) is 4.19. The summed E-state index contributed by atoms with van der Waals surface area (Å²) in [5, 5.41) is 0. The molecule has 1 atom stereocenters. The van der Waals surface area contributed by atoms with Crippen molar-refractivity contribution < 1.29 is 0 Å². The van der Waals surface area contributed by atoms with Crippen LogP contribution in [-0.4, -0.2) is 11.0 Å². The van der Waals surface area contributed by atoms with Crippen LogP contribution in [0.3, 0.4) is 0 Å². The van der Waals surface area contributed by atoms with Crippen molar-refractivity contribution in [1.82, 2.24) is 4.98 Å². The number of hydrogen-bond acceptors (Lipinski definition) is 3. The number of anilines is 1. The Kier molecular flexibility index (Phi) is 3.35. The molecule has 0 saturated carbocycles. The van der Waals surface area contributed by atoms with E-state index in [0.29, 0.717) is 5.82 Å². The van der Waals surface area contributed by atoms with Crippen molar-refractivity contribution in [2.24, 2.45) is 5.73 Å². The lowest BCUT2D eigenvalue weighted by atomic mass is 9.78. The number of rotatable bonds is 3. The molecule has 1 heterocycles. The summed E-state index contributed by atoms with van der Waals surface area (Å²) in [5.41, 5.74) is 14.1. The predicted octanol–water partition coefficient (Wildman–Crippen LogP) is 1.99. The summed E-state index contributed by atoms with van der Waals surface area (Å²) in [6.45, 7) is 8.41. The van der Waals surface area contributed by atoms with Crippen LogP contribution in [0, 0.1) is 6.92 Å². The van der Waals surface area contributed by atoms with Gasteiger partial charge in [0.25, 0.3) is 0 Å². The number of nitrogens with two attached hydrogens (primary N) is 2. The average molecular weight is 207 g/mol. The lowest BCUT2D eigenvalue weighted by molar-refractivity contribution is 0.436. The third-order valence-corrected chi connectivity index (χ3v) is 2.70. The Labute approximate surface area is 91.9 Å². The van der Waals surface area contributed by atoms with E-state index in [1.165, 1.54) is 5.56 Å². The van der Waals surface area contributed by atoms with E-state index >= 15 is 0 Å². The van der Waals surface area contributed by atoms with Crippen molar-refractivity contribution in [2.75, 3.05) is 5.73 Å². The molecular weight excluding hydrogens is 186 g/mol. The van der Waals surface area contributed by atoms with Crippen LogP contribution in [0.15, 0.2) is 12.3 Å². The summed E-state index contributed by atoms with van der Waals surface area (Å²) in [6.07, 6.45) is 2.65. The van der Waals surface area contributed by atoms with E-state index in [4.69, 9.17) is 11.5 Å². The fraction of sp³-hybridized carbons (Fsp3) is 0.583. The van der Waals surface area contributed by atoms with Crippen molar-refractivity contribution in [3.05, 3.63) is 23.4 Å². The Balaban J connectivity index is 3.14. The highest BCUT2D eigenvalue weighted by molar-refractivity contribution is 5.48. The van der Waals surface area contributed by atoms with Crippen LogP contribution >= 0.6 is 0 Å². The quantitative estimate of drug-likeness (QED) is 0.796. The zero-order chi connectivity index (χ0) is 11.6. The molecule has 1 unspecified atom stereocenters. The number of nitrogens with zero attached hydrogens (tertiary/aromatic N) is 1. The first-order valence-electron chi connectivity index (χ1n) is 5.31. The molecule has 0 spiro atoms. The minimum atomic E-state index is -0.0173. The van der Waals surface area contributed by atoms with Gasteiger partial charge in [-0.05, 0) is 37.3 Å². The second-order valence-electron chi connectivity index (χ2n) is 4.95. The van der Waals surface area contributed by atoms with Gasteiger partial charge >= 0.3 is 0 Å². The summed E-state index contributed by atoms with van der Waals surface area (Å²) in [6, 6.07) is 2.16. The molecule has 0 amide bonds. The minimum absolute atomic E-state index is 0.0173. The SMILES string of the molecule is Cc1ccnc(N)c1C(C)(C)CC(C)N. The maximum absolute atomic E-state index is 5.93. The minimum Gasteiger partial charge on any atom is -0.383 e. The molecule has 3 nitrogen and oxygen atoms in total. The van der Waals surface area contributed by atoms with Gasteiger partial charge in [-0.1, -0.05) is 13.8 Å². The first-order valence-corrected chi connectivity index (χ1v) is 5.31. The molecule has 0 aliphatic heterocycles. The molecule has 84 valence electrons. The smallest absolute Gasteiger partial charge is 0.127 e. The first-order chi connectivity index (χ1) is 6.84. The maximum atomic E-state index is 5.93. The van der Waals surface area contributed by atoms with Gasteiger partial charge in [-0.25, -0.2) is 4.98 Å². The van der Waals surface area contributed by atoms with Crippen LogP contribution < -0.4 is 11.5 Å². The number of hydrogen-bond donors (Lipinski definition) is 2. The van der Waals surface area contributed by atoms with Gasteiger partial charge in [0.2, 0.25) is 0 Å². The Morgan fingerprint density at radius 2 is 2.07 bits per heavy atom. The lowest BCUT2D eigenvalue weighted by Gasteiger charge is -2.29. The van der Waals surface area contributed by atoms with Crippen molar-refractivity contribution in [2.45, 2.75) is 45.6 Å². The zero-order valence-corrected chi connectivity index (χ0v) is 10.0. The van der Waals surface area contributed by atoms with Crippen LogP contribution in [0.1, 0.15) is 38.3 Å². The highest BCUT2D eigenvalue weighted by Crippen LogP contribution is 2.33. The summed E-state index contributed by atoms with van der Waals surface area (Å²) in [7, 11) is 0. The molecule has 0 aliphatic rings. The molecule has 1 aromatic heterocycles. The first kappa shape index (κ1) is 12.0. The molecule has 0 fully saturated rings. The van der Waals surface area contributed by atoms with Crippen LogP contribution in [0.5, 0.6) is 0 Å². The number of aryl methyl sites for hydroxylation is 1. The standard InChI is InChI=1S/C12H21N3/c1-8-5-6-15-11(14)10(8)12(3,4)7-9(2)13/h5-6,9H,7,13H2,1-4H3,(H2,14,15). The third-order valence-electron chi connectivity index (χ3n) is 2.70. The van der Waals surface area contributed by atoms with Gasteiger partial charge in [-0.15, -0.1) is 0 Å². The molecule has 1 rings (SSSR count). The summed E-state index contributed by atoms with van der Waals surface area (Å²) < 4.78 is 0. The van der Waals surface area contributed by atoms with Gasteiger partial charge in [0.05, 0.1) is 0 Å². The van der Waals surface area contributed by atoms with E-state index in [1.807, 2.05) is 13.0 Å². The Hall–Kier alpha value is -1.09. The highest BCUT2D eigenvalue weighted by atomic mass is 14.8. The van der Waals surface area contributed by atoms with E-state index < -0.39 is 0 Å². The lowest BCUT2D eigenvalue weighted by Crippen LogP contribution is -2.30. The van der Waals surface area contributed by atoms with E-state index in [2.05, 4.69) is 25.8 Å². The van der Waals surface area contributed by atoms with Crippen LogP contribution in [0.2, 0.25) is 0 Å². The molecule has 4 N–H and O–H groups in total. The van der Waals surface area contributed by atoms with Gasteiger partial charge < -0.3 is 11.5 Å². The van der Waals surface area contributed by atoms with Crippen LogP contribution in [-0.2, 0) is 5.41 Å². The Morgan fingerprint density at radius 3 is 2.53 bits per heavy atom. The normalized spacial score (nSPS) is 13.9. The van der Waals surface area contributed by atoms with Crippen molar-refractivity contribution >= 4 is 5.82 Å². The summed E-state index contributed by atoms with van der Waals surface area (Å²) in [5.74, 6) is 0.626. The van der Waals surface area contributed by atoms with E-state index in [0.717, 1.165) is 12.0 Å². The van der Waals surface area contributed by atoms with Crippen molar-refractivity contribution in [1.29, 1.82) is 0 Å². The second-order valence-corrected chi connectivity index (χ2v) is 4.95. The van der Waals surface area contributed by atoms with E-state index in [9.17, 15) is 0 Å².